The summed E-state index contributed by atoms with van der Waals surface area (Å²) in [5.41, 5.74) is -0.782. The molecule has 92 valence electrons. The molecule has 0 spiro atoms. The molecule has 1 saturated carbocycles. The Kier molecular flexibility index (Phi) is 4.11. The van der Waals surface area contributed by atoms with Gasteiger partial charge in [-0.05, 0) is 32.6 Å². The van der Waals surface area contributed by atoms with Crippen LogP contribution in [0.4, 0.5) is 0 Å². The fraction of sp³-hybridized carbons (Fsp3) is 0.846. The van der Waals surface area contributed by atoms with Crippen LogP contribution < -0.4 is 0 Å². The van der Waals surface area contributed by atoms with Gasteiger partial charge < -0.3 is 5.11 Å². The zero-order chi connectivity index (χ0) is 12.3. The molecule has 1 aliphatic carbocycles. The summed E-state index contributed by atoms with van der Waals surface area (Å²) in [6, 6.07) is 0. The second-order valence-corrected chi connectivity index (χ2v) is 5.34. The summed E-state index contributed by atoms with van der Waals surface area (Å²) < 4.78 is 0. The molecule has 0 saturated heterocycles. The first-order valence-corrected chi connectivity index (χ1v) is 6.17. The minimum Gasteiger partial charge on any atom is -0.481 e. The Hall–Kier alpha value is -0.860. The van der Waals surface area contributed by atoms with E-state index in [4.69, 9.17) is 0 Å². The zero-order valence-electron chi connectivity index (χ0n) is 10.5. The van der Waals surface area contributed by atoms with E-state index in [0.29, 0.717) is 6.42 Å². The molecule has 3 nitrogen and oxygen atoms in total. The predicted octanol–water partition coefficient (Wildman–Crippen LogP) is 2.88. The molecule has 2 unspecified atom stereocenters. The van der Waals surface area contributed by atoms with E-state index in [1.54, 1.807) is 13.8 Å². The molecular weight excluding hydrogens is 204 g/mol. The number of carbonyl (C=O) groups excluding carboxylic acids is 1. The SMILES string of the molecule is CCC(=O)C1CCCCC1C(C)(C)C(=O)O. The van der Waals surface area contributed by atoms with Crippen molar-refractivity contribution in [1.29, 1.82) is 0 Å². The van der Waals surface area contributed by atoms with Gasteiger partial charge in [0.1, 0.15) is 5.78 Å². The number of Topliss-reactive ketones (excluding diaryl/α,β-unsaturated/α-hetero) is 1. The number of hydrogen-bond acceptors (Lipinski definition) is 2. The molecule has 1 aliphatic rings. The first-order valence-electron chi connectivity index (χ1n) is 6.17. The maximum absolute atomic E-state index is 11.9. The molecule has 16 heavy (non-hydrogen) atoms. The largest absolute Gasteiger partial charge is 0.481 e. The van der Waals surface area contributed by atoms with Crippen molar-refractivity contribution in [1.82, 2.24) is 0 Å². The summed E-state index contributed by atoms with van der Waals surface area (Å²) in [5.74, 6) is -0.580. The number of hydrogen-bond donors (Lipinski definition) is 1. The van der Waals surface area contributed by atoms with Gasteiger partial charge in [0.15, 0.2) is 0 Å². The molecule has 0 radical (unpaired) electrons. The second-order valence-electron chi connectivity index (χ2n) is 5.34. The van der Waals surface area contributed by atoms with E-state index in [-0.39, 0.29) is 17.6 Å². The van der Waals surface area contributed by atoms with E-state index < -0.39 is 11.4 Å². The monoisotopic (exact) mass is 226 g/mol. The van der Waals surface area contributed by atoms with E-state index >= 15 is 0 Å². The first-order chi connectivity index (χ1) is 7.41. The average Bonchev–Trinajstić information content (AvgIpc) is 2.27. The van der Waals surface area contributed by atoms with Crippen molar-refractivity contribution in [2.75, 3.05) is 0 Å². The van der Waals surface area contributed by atoms with Crippen molar-refractivity contribution in [2.24, 2.45) is 17.3 Å². The zero-order valence-corrected chi connectivity index (χ0v) is 10.5. The van der Waals surface area contributed by atoms with Gasteiger partial charge in [0.05, 0.1) is 5.41 Å². The molecule has 0 aromatic heterocycles. The highest BCUT2D eigenvalue weighted by atomic mass is 16.4. The van der Waals surface area contributed by atoms with Gasteiger partial charge in [-0.25, -0.2) is 0 Å². The summed E-state index contributed by atoms with van der Waals surface area (Å²) in [6.45, 7) is 5.37. The number of rotatable bonds is 4. The van der Waals surface area contributed by atoms with Crippen LogP contribution in [0.1, 0.15) is 52.9 Å². The lowest BCUT2D eigenvalue weighted by Crippen LogP contribution is -2.41. The number of aliphatic carboxylic acids is 1. The van der Waals surface area contributed by atoms with Crippen molar-refractivity contribution in [3.63, 3.8) is 0 Å². The van der Waals surface area contributed by atoms with Crippen LogP contribution in [0.25, 0.3) is 0 Å². The molecule has 2 atom stereocenters. The van der Waals surface area contributed by atoms with Gasteiger partial charge in [-0.2, -0.15) is 0 Å². The van der Waals surface area contributed by atoms with Crippen LogP contribution in [0, 0.1) is 17.3 Å². The molecule has 0 heterocycles. The van der Waals surface area contributed by atoms with Gasteiger partial charge in [0, 0.05) is 12.3 Å². The molecule has 0 aromatic rings. The van der Waals surface area contributed by atoms with Crippen LogP contribution in [0.5, 0.6) is 0 Å². The lowest BCUT2D eigenvalue weighted by Gasteiger charge is -2.39. The van der Waals surface area contributed by atoms with Crippen LogP contribution in [-0.4, -0.2) is 16.9 Å². The summed E-state index contributed by atoms with van der Waals surface area (Å²) in [6.07, 6.45) is 4.37. The Morgan fingerprint density at radius 2 is 1.81 bits per heavy atom. The van der Waals surface area contributed by atoms with E-state index in [0.717, 1.165) is 25.7 Å². The lowest BCUT2D eigenvalue weighted by atomic mass is 9.64. The van der Waals surface area contributed by atoms with Gasteiger partial charge in [-0.15, -0.1) is 0 Å². The van der Waals surface area contributed by atoms with Crippen molar-refractivity contribution in [2.45, 2.75) is 52.9 Å². The molecule has 3 heteroatoms. The van der Waals surface area contributed by atoms with Crippen LogP contribution in [0.2, 0.25) is 0 Å². The van der Waals surface area contributed by atoms with Crippen molar-refractivity contribution in [3.05, 3.63) is 0 Å². The Morgan fingerprint density at radius 1 is 1.25 bits per heavy atom. The Balaban J connectivity index is 2.90. The molecule has 1 rings (SSSR count). The first kappa shape index (κ1) is 13.2. The highest BCUT2D eigenvalue weighted by Gasteiger charge is 2.44. The molecule has 1 fully saturated rings. The standard InChI is InChI=1S/C13H22O3/c1-4-11(14)9-7-5-6-8-10(9)13(2,3)12(15)16/h9-10H,4-8H2,1-3H3,(H,15,16). The number of carbonyl (C=O) groups is 2. The molecule has 0 amide bonds. The third-order valence-corrected chi connectivity index (χ3v) is 4.01. The van der Waals surface area contributed by atoms with Crippen LogP contribution in [0.15, 0.2) is 0 Å². The third kappa shape index (κ3) is 2.45. The highest BCUT2D eigenvalue weighted by molar-refractivity contribution is 5.83. The Bertz CT molecular complexity index is 281. The molecule has 0 aliphatic heterocycles. The molecule has 0 aromatic carbocycles. The maximum Gasteiger partial charge on any atom is 0.309 e. The van der Waals surface area contributed by atoms with E-state index in [2.05, 4.69) is 0 Å². The van der Waals surface area contributed by atoms with Gasteiger partial charge >= 0.3 is 5.97 Å². The molecular formula is C13H22O3. The minimum atomic E-state index is -0.784. The topological polar surface area (TPSA) is 54.4 Å². The van der Waals surface area contributed by atoms with Gasteiger partial charge in [-0.3, -0.25) is 9.59 Å². The minimum absolute atomic E-state index is 0.00574. The average molecular weight is 226 g/mol. The Morgan fingerprint density at radius 3 is 2.31 bits per heavy atom. The van der Waals surface area contributed by atoms with Gasteiger partial charge in [0.25, 0.3) is 0 Å². The number of ketones is 1. The van der Waals surface area contributed by atoms with Gasteiger partial charge in [-0.1, -0.05) is 19.8 Å². The molecule has 0 bridgehead atoms. The van der Waals surface area contributed by atoms with E-state index in [1.807, 2.05) is 6.92 Å². The second kappa shape index (κ2) is 4.98. The van der Waals surface area contributed by atoms with Crippen molar-refractivity contribution < 1.29 is 14.7 Å². The summed E-state index contributed by atoms with van der Waals surface area (Å²) in [4.78, 5) is 23.1. The van der Waals surface area contributed by atoms with E-state index in [1.165, 1.54) is 0 Å². The maximum atomic E-state index is 11.9. The van der Waals surface area contributed by atoms with Gasteiger partial charge in [0.2, 0.25) is 0 Å². The fourth-order valence-electron chi connectivity index (χ4n) is 2.80. The smallest absolute Gasteiger partial charge is 0.309 e. The Labute approximate surface area is 97.2 Å². The predicted molar refractivity (Wildman–Crippen MR) is 62.2 cm³/mol. The van der Waals surface area contributed by atoms with Crippen LogP contribution in [-0.2, 0) is 9.59 Å². The number of carboxylic acid groups (broad SMARTS) is 1. The summed E-state index contributed by atoms with van der Waals surface area (Å²) in [5, 5.41) is 9.25. The van der Waals surface area contributed by atoms with Crippen LogP contribution >= 0.6 is 0 Å². The van der Waals surface area contributed by atoms with E-state index in [9.17, 15) is 14.7 Å². The normalized spacial score (nSPS) is 26.4. The van der Waals surface area contributed by atoms with Crippen molar-refractivity contribution in [3.8, 4) is 0 Å². The third-order valence-electron chi connectivity index (χ3n) is 4.01. The molecule has 1 N–H and O–H groups in total. The fourth-order valence-corrected chi connectivity index (χ4v) is 2.80. The lowest BCUT2D eigenvalue weighted by molar-refractivity contribution is -0.153. The van der Waals surface area contributed by atoms with Crippen molar-refractivity contribution >= 4 is 11.8 Å². The summed E-state index contributed by atoms with van der Waals surface area (Å²) in [7, 11) is 0. The highest BCUT2D eigenvalue weighted by Crippen LogP contribution is 2.43. The summed E-state index contributed by atoms with van der Waals surface area (Å²) >= 11 is 0. The van der Waals surface area contributed by atoms with Crippen LogP contribution in [0.3, 0.4) is 0 Å². The number of carboxylic acids is 1. The quantitative estimate of drug-likeness (QED) is 0.802.